The van der Waals surface area contributed by atoms with E-state index in [0.29, 0.717) is 11.3 Å². The minimum Gasteiger partial charge on any atom is -0.311 e. The SMILES string of the molecule is CC(=O)N(CCNS(=O)(=O)c1ccc(C)s1)c1ccc(C#N)cc1. The molecule has 126 valence electrons. The lowest BCUT2D eigenvalue weighted by atomic mass is 10.2. The molecule has 0 aliphatic carbocycles. The maximum atomic E-state index is 12.2. The van der Waals surface area contributed by atoms with Crippen LogP contribution < -0.4 is 9.62 Å². The van der Waals surface area contributed by atoms with Gasteiger partial charge in [0.15, 0.2) is 0 Å². The van der Waals surface area contributed by atoms with Gasteiger partial charge in [0.1, 0.15) is 4.21 Å². The summed E-state index contributed by atoms with van der Waals surface area (Å²) in [7, 11) is -3.57. The van der Waals surface area contributed by atoms with Crippen LogP contribution in [0, 0.1) is 18.3 Å². The molecule has 0 aliphatic rings. The molecule has 2 aromatic rings. The normalized spacial score (nSPS) is 11.0. The summed E-state index contributed by atoms with van der Waals surface area (Å²) in [5, 5.41) is 8.81. The fourth-order valence-corrected chi connectivity index (χ4v) is 4.45. The molecule has 24 heavy (non-hydrogen) atoms. The molecule has 1 heterocycles. The van der Waals surface area contributed by atoms with E-state index in [0.717, 1.165) is 4.88 Å². The summed E-state index contributed by atoms with van der Waals surface area (Å²) in [5.74, 6) is -0.203. The summed E-state index contributed by atoms with van der Waals surface area (Å²) in [4.78, 5) is 14.2. The standard InChI is InChI=1S/C16H17N3O3S2/c1-12-3-8-16(23-12)24(21,22)18-9-10-19(13(2)20)15-6-4-14(11-17)5-7-15/h3-8,18H,9-10H2,1-2H3. The quantitative estimate of drug-likeness (QED) is 0.852. The molecule has 0 saturated heterocycles. The van der Waals surface area contributed by atoms with Crippen LogP contribution in [0.3, 0.4) is 0 Å². The van der Waals surface area contributed by atoms with Crippen molar-refractivity contribution in [3.8, 4) is 6.07 Å². The molecule has 0 fully saturated rings. The van der Waals surface area contributed by atoms with E-state index in [4.69, 9.17) is 5.26 Å². The van der Waals surface area contributed by atoms with E-state index < -0.39 is 10.0 Å². The number of rotatable bonds is 6. The number of nitrogens with zero attached hydrogens (tertiary/aromatic N) is 2. The van der Waals surface area contributed by atoms with Crippen molar-refractivity contribution in [2.75, 3.05) is 18.0 Å². The van der Waals surface area contributed by atoms with Crippen molar-refractivity contribution in [2.45, 2.75) is 18.1 Å². The second kappa shape index (κ2) is 7.57. The minimum absolute atomic E-state index is 0.0961. The lowest BCUT2D eigenvalue weighted by Gasteiger charge is -2.21. The predicted molar refractivity (Wildman–Crippen MR) is 93.4 cm³/mol. The van der Waals surface area contributed by atoms with E-state index >= 15 is 0 Å². The van der Waals surface area contributed by atoms with E-state index in [-0.39, 0.29) is 23.2 Å². The van der Waals surface area contributed by atoms with Crippen molar-refractivity contribution < 1.29 is 13.2 Å². The topological polar surface area (TPSA) is 90.3 Å². The molecule has 0 saturated carbocycles. The van der Waals surface area contributed by atoms with Crippen LogP contribution in [0.2, 0.25) is 0 Å². The van der Waals surface area contributed by atoms with Crippen molar-refractivity contribution in [1.29, 1.82) is 5.26 Å². The molecule has 8 heteroatoms. The molecule has 0 atom stereocenters. The number of hydrogen-bond acceptors (Lipinski definition) is 5. The van der Waals surface area contributed by atoms with E-state index in [1.54, 1.807) is 36.4 Å². The van der Waals surface area contributed by atoms with E-state index in [2.05, 4.69) is 4.72 Å². The van der Waals surface area contributed by atoms with Crippen molar-refractivity contribution >= 4 is 33.0 Å². The molecule has 1 aromatic carbocycles. The van der Waals surface area contributed by atoms with Crippen LogP contribution in [0.1, 0.15) is 17.4 Å². The van der Waals surface area contributed by atoms with Gasteiger partial charge in [-0.1, -0.05) is 0 Å². The van der Waals surface area contributed by atoms with Gasteiger partial charge < -0.3 is 4.90 Å². The van der Waals surface area contributed by atoms with Gasteiger partial charge in [0, 0.05) is 30.6 Å². The molecular weight excluding hydrogens is 346 g/mol. The molecule has 6 nitrogen and oxygen atoms in total. The Labute approximate surface area is 145 Å². The maximum absolute atomic E-state index is 12.2. The number of nitrogens with one attached hydrogen (secondary N) is 1. The Morgan fingerprint density at radius 3 is 2.42 bits per heavy atom. The molecule has 0 spiro atoms. The average Bonchev–Trinajstić information content (AvgIpc) is 2.99. The Balaban J connectivity index is 2.04. The highest BCUT2D eigenvalue weighted by Gasteiger charge is 2.17. The van der Waals surface area contributed by atoms with Gasteiger partial charge in [0.2, 0.25) is 15.9 Å². The Hall–Kier alpha value is -2.21. The first-order chi connectivity index (χ1) is 11.3. The zero-order valence-electron chi connectivity index (χ0n) is 13.3. The van der Waals surface area contributed by atoms with Crippen molar-refractivity contribution in [2.24, 2.45) is 0 Å². The fraction of sp³-hybridized carbons (Fsp3) is 0.250. The Bertz CT molecular complexity index is 865. The van der Waals surface area contributed by atoms with Crippen molar-refractivity contribution in [1.82, 2.24) is 4.72 Å². The maximum Gasteiger partial charge on any atom is 0.250 e. The average molecular weight is 363 g/mol. The second-order valence-electron chi connectivity index (χ2n) is 5.09. The van der Waals surface area contributed by atoms with Crippen LogP contribution in [-0.4, -0.2) is 27.4 Å². The number of carbonyl (C=O) groups is 1. The molecule has 1 amide bonds. The number of anilines is 1. The molecule has 2 rings (SSSR count). The first kappa shape index (κ1) is 18.1. The number of sulfonamides is 1. The fourth-order valence-electron chi connectivity index (χ4n) is 2.10. The van der Waals surface area contributed by atoms with Gasteiger partial charge in [-0.05, 0) is 43.3 Å². The summed E-state index contributed by atoms with van der Waals surface area (Å²) >= 11 is 1.20. The molecule has 1 aromatic heterocycles. The van der Waals surface area contributed by atoms with Crippen LogP contribution >= 0.6 is 11.3 Å². The molecule has 0 bridgehead atoms. The predicted octanol–water partition coefficient (Wildman–Crippen LogP) is 2.26. The highest BCUT2D eigenvalue weighted by Crippen LogP contribution is 2.20. The summed E-state index contributed by atoms with van der Waals surface area (Å²) in [5.41, 5.74) is 1.11. The van der Waals surface area contributed by atoms with Gasteiger partial charge >= 0.3 is 0 Å². The number of benzene rings is 1. The lowest BCUT2D eigenvalue weighted by Crippen LogP contribution is -2.37. The molecule has 0 aliphatic heterocycles. The third kappa shape index (κ3) is 4.41. The highest BCUT2D eigenvalue weighted by atomic mass is 32.2. The van der Waals surface area contributed by atoms with Crippen LogP contribution in [-0.2, 0) is 14.8 Å². The number of aryl methyl sites for hydroxylation is 1. The zero-order valence-corrected chi connectivity index (χ0v) is 14.9. The van der Waals surface area contributed by atoms with E-state index in [1.165, 1.54) is 23.2 Å². The number of amides is 1. The number of carbonyl (C=O) groups excluding carboxylic acids is 1. The first-order valence-electron chi connectivity index (χ1n) is 7.18. The summed E-state index contributed by atoms with van der Waals surface area (Å²) in [6.45, 7) is 3.55. The summed E-state index contributed by atoms with van der Waals surface area (Å²) in [6, 6.07) is 11.9. The van der Waals surface area contributed by atoms with E-state index in [1.807, 2.05) is 13.0 Å². The molecule has 0 radical (unpaired) electrons. The van der Waals surface area contributed by atoms with Gasteiger partial charge in [-0.3, -0.25) is 4.79 Å². The summed E-state index contributed by atoms with van der Waals surface area (Å²) < 4.78 is 27.1. The summed E-state index contributed by atoms with van der Waals surface area (Å²) in [6.07, 6.45) is 0. The van der Waals surface area contributed by atoms with Crippen LogP contribution in [0.25, 0.3) is 0 Å². The Morgan fingerprint density at radius 2 is 1.92 bits per heavy atom. The number of nitriles is 1. The second-order valence-corrected chi connectivity index (χ2v) is 8.37. The van der Waals surface area contributed by atoms with Gasteiger partial charge in [0.05, 0.1) is 11.6 Å². The minimum atomic E-state index is -3.57. The van der Waals surface area contributed by atoms with Gasteiger partial charge in [-0.15, -0.1) is 11.3 Å². The lowest BCUT2D eigenvalue weighted by molar-refractivity contribution is -0.116. The highest BCUT2D eigenvalue weighted by molar-refractivity contribution is 7.91. The van der Waals surface area contributed by atoms with Crippen LogP contribution in [0.5, 0.6) is 0 Å². The van der Waals surface area contributed by atoms with Gasteiger partial charge in [0.25, 0.3) is 0 Å². The molecule has 0 unspecified atom stereocenters. The van der Waals surface area contributed by atoms with Crippen LogP contribution in [0.15, 0.2) is 40.6 Å². The largest absolute Gasteiger partial charge is 0.311 e. The molecular formula is C16H17N3O3S2. The molecule has 1 N–H and O–H groups in total. The monoisotopic (exact) mass is 363 g/mol. The number of hydrogen-bond donors (Lipinski definition) is 1. The van der Waals surface area contributed by atoms with Gasteiger partial charge in [-0.2, -0.15) is 5.26 Å². The number of thiophene rings is 1. The van der Waals surface area contributed by atoms with E-state index in [9.17, 15) is 13.2 Å². The smallest absolute Gasteiger partial charge is 0.250 e. The Kier molecular flexibility index (Phi) is 5.72. The van der Waals surface area contributed by atoms with Gasteiger partial charge in [-0.25, -0.2) is 13.1 Å². The third-order valence-electron chi connectivity index (χ3n) is 3.30. The zero-order chi connectivity index (χ0) is 17.7. The van der Waals surface area contributed by atoms with Crippen LogP contribution in [0.4, 0.5) is 5.69 Å². The first-order valence-corrected chi connectivity index (χ1v) is 9.48. The van der Waals surface area contributed by atoms with Crippen molar-refractivity contribution in [3.05, 3.63) is 46.8 Å². The van der Waals surface area contributed by atoms with Crippen molar-refractivity contribution in [3.63, 3.8) is 0 Å². The Morgan fingerprint density at radius 1 is 1.25 bits per heavy atom. The third-order valence-corrected chi connectivity index (χ3v) is 6.25.